The summed E-state index contributed by atoms with van der Waals surface area (Å²) in [5.74, 6) is 0.940. The monoisotopic (exact) mass is 464 g/mol. The standard InChI is InChI=1S/C30H34F2O2/c1-3-5-7-21-12-14-26(19-28(21)31)34-30(33)25-13-15-27(29(32)18-25)24-11-10-22-16-20(6-4-2)8-9-23(22)17-24/h3-4,6,12-15,18-20,22-24H,1,5,7-11,16-17H2,2H3/b6-4+. The van der Waals surface area contributed by atoms with Crippen molar-refractivity contribution in [3.05, 3.63) is 89.5 Å². The minimum atomic E-state index is -0.685. The van der Waals surface area contributed by atoms with E-state index in [-0.39, 0.29) is 23.0 Å². The van der Waals surface area contributed by atoms with E-state index in [4.69, 9.17) is 4.74 Å². The summed E-state index contributed by atoms with van der Waals surface area (Å²) >= 11 is 0. The number of rotatable bonds is 7. The van der Waals surface area contributed by atoms with E-state index in [0.717, 1.165) is 25.2 Å². The van der Waals surface area contributed by atoms with Crippen molar-refractivity contribution < 1.29 is 18.3 Å². The summed E-state index contributed by atoms with van der Waals surface area (Å²) in [6, 6.07) is 9.00. The van der Waals surface area contributed by atoms with Crippen molar-refractivity contribution in [1.29, 1.82) is 0 Å². The Labute approximate surface area is 201 Å². The molecule has 4 rings (SSSR count). The molecular formula is C30H34F2O2. The van der Waals surface area contributed by atoms with Crippen molar-refractivity contribution in [2.45, 2.75) is 64.2 Å². The summed E-state index contributed by atoms with van der Waals surface area (Å²) in [5.41, 5.74) is 1.38. The van der Waals surface area contributed by atoms with Crippen LogP contribution in [0.2, 0.25) is 0 Å². The second-order valence-corrected chi connectivity index (χ2v) is 9.84. The van der Waals surface area contributed by atoms with Gasteiger partial charge in [-0.05, 0) is 111 Å². The van der Waals surface area contributed by atoms with Gasteiger partial charge < -0.3 is 4.74 Å². The van der Waals surface area contributed by atoms with Crippen molar-refractivity contribution in [2.24, 2.45) is 17.8 Å². The maximum Gasteiger partial charge on any atom is 0.343 e. The van der Waals surface area contributed by atoms with Gasteiger partial charge >= 0.3 is 5.97 Å². The van der Waals surface area contributed by atoms with Crippen molar-refractivity contribution in [3.8, 4) is 5.75 Å². The van der Waals surface area contributed by atoms with E-state index in [1.54, 1.807) is 30.3 Å². The molecule has 2 aromatic rings. The second-order valence-electron chi connectivity index (χ2n) is 9.84. The molecule has 180 valence electrons. The highest BCUT2D eigenvalue weighted by molar-refractivity contribution is 5.91. The van der Waals surface area contributed by atoms with Gasteiger partial charge in [0, 0.05) is 6.07 Å². The first-order chi connectivity index (χ1) is 16.5. The van der Waals surface area contributed by atoms with Crippen LogP contribution in [0.3, 0.4) is 0 Å². The van der Waals surface area contributed by atoms with Crippen molar-refractivity contribution in [2.75, 3.05) is 0 Å². The molecule has 4 unspecified atom stereocenters. The SMILES string of the molecule is C=CCCc1ccc(OC(=O)c2ccc(C3CCC4CC(/C=C/C)CCC4C3)c(F)c2)cc1F. The Balaban J connectivity index is 1.39. The summed E-state index contributed by atoms with van der Waals surface area (Å²) in [5, 5.41) is 0. The Bertz CT molecular complexity index is 1060. The van der Waals surface area contributed by atoms with Gasteiger partial charge in [-0.2, -0.15) is 0 Å². The van der Waals surface area contributed by atoms with E-state index in [1.807, 2.05) is 0 Å². The van der Waals surface area contributed by atoms with Gasteiger partial charge in [-0.25, -0.2) is 13.6 Å². The van der Waals surface area contributed by atoms with Crippen LogP contribution >= 0.6 is 0 Å². The van der Waals surface area contributed by atoms with Gasteiger partial charge in [0.1, 0.15) is 17.4 Å². The number of halogens is 2. The fourth-order valence-electron chi connectivity index (χ4n) is 5.86. The number of carbonyl (C=O) groups is 1. The number of fused-ring (bicyclic) bond motifs is 1. The maximum atomic E-state index is 15.1. The zero-order valence-electron chi connectivity index (χ0n) is 19.9. The predicted molar refractivity (Wildman–Crippen MR) is 132 cm³/mol. The first kappa shape index (κ1) is 24.4. The van der Waals surface area contributed by atoms with Crippen LogP contribution in [0.1, 0.15) is 79.3 Å². The Kier molecular flexibility index (Phi) is 7.97. The summed E-state index contributed by atoms with van der Waals surface area (Å²) in [7, 11) is 0. The average Bonchev–Trinajstić information content (AvgIpc) is 2.83. The minimum absolute atomic E-state index is 0.112. The molecule has 2 aliphatic rings. The topological polar surface area (TPSA) is 26.3 Å². The molecule has 0 radical (unpaired) electrons. The van der Waals surface area contributed by atoms with Gasteiger partial charge in [0.25, 0.3) is 0 Å². The van der Waals surface area contributed by atoms with E-state index in [1.165, 1.54) is 31.4 Å². The molecule has 4 heteroatoms. The Hall–Kier alpha value is -2.75. The van der Waals surface area contributed by atoms with Crippen molar-refractivity contribution >= 4 is 5.97 Å². The molecule has 2 nitrogen and oxygen atoms in total. The molecule has 0 heterocycles. The molecule has 0 amide bonds. The highest BCUT2D eigenvalue weighted by Crippen LogP contribution is 2.48. The van der Waals surface area contributed by atoms with E-state index in [0.29, 0.717) is 35.8 Å². The van der Waals surface area contributed by atoms with Crippen LogP contribution < -0.4 is 4.74 Å². The Morgan fingerprint density at radius 1 is 1.03 bits per heavy atom. The lowest BCUT2D eigenvalue weighted by Crippen LogP contribution is -2.30. The lowest BCUT2D eigenvalue weighted by atomic mass is 9.64. The fraction of sp³-hybridized carbons (Fsp3) is 0.433. The zero-order valence-corrected chi connectivity index (χ0v) is 19.9. The zero-order chi connectivity index (χ0) is 24.1. The number of hydrogen-bond donors (Lipinski definition) is 0. The maximum absolute atomic E-state index is 15.1. The van der Waals surface area contributed by atoms with Crippen LogP contribution in [-0.4, -0.2) is 5.97 Å². The van der Waals surface area contributed by atoms with Crippen LogP contribution in [0.4, 0.5) is 8.78 Å². The molecule has 0 spiro atoms. The quantitative estimate of drug-likeness (QED) is 0.235. The van der Waals surface area contributed by atoms with Gasteiger partial charge in [-0.3, -0.25) is 0 Å². The molecule has 2 aliphatic carbocycles. The van der Waals surface area contributed by atoms with Gasteiger partial charge in [-0.1, -0.05) is 30.4 Å². The molecule has 0 aromatic heterocycles. The number of ether oxygens (including phenoxy) is 1. The normalized spacial score (nSPS) is 24.6. The fourth-order valence-corrected chi connectivity index (χ4v) is 5.86. The van der Waals surface area contributed by atoms with E-state index < -0.39 is 11.8 Å². The molecule has 0 bridgehead atoms. The van der Waals surface area contributed by atoms with Crippen LogP contribution in [0.5, 0.6) is 5.75 Å². The number of esters is 1. The first-order valence-corrected chi connectivity index (χ1v) is 12.5. The number of hydrogen-bond acceptors (Lipinski definition) is 2. The highest BCUT2D eigenvalue weighted by Gasteiger charge is 2.36. The Morgan fingerprint density at radius 2 is 1.82 bits per heavy atom. The average molecular weight is 465 g/mol. The summed E-state index contributed by atoms with van der Waals surface area (Å²) in [6.07, 6.45) is 14.3. The van der Waals surface area contributed by atoms with E-state index in [2.05, 4.69) is 25.7 Å². The van der Waals surface area contributed by atoms with Crippen molar-refractivity contribution in [3.63, 3.8) is 0 Å². The second kappa shape index (κ2) is 11.1. The lowest BCUT2D eigenvalue weighted by molar-refractivity contribution is 0.0733. The molecule has 2 fully saturated rings. The molecule has 0 saturated heterocycles. The van der Waals surface area contributed by atoms with Gasteiger partial charge in [0.15, 0.2) is 0 Å². The largest absolute Gasteiger partial charge is 0.423 e. The van der Waals surface area contributed by atoms with E-state index in [9.17, 15) is 9.18 Å². The molecule has 0 N–H and O–H groups in total. The summed E-state index contributed by atoms with van der Waals surface area (Å²) in [6.45, 7) is 5.73. The molecule has 0 aliphatic heterocycles. The highest BCUT2D eigenvalue weighted by atomic mass is 19.1. The first-order valence-electron chi connectivity index (χ1n) is 12.5. The molecule has 4 atom stereocenters. The minimum Gasteiger partial charge on any atom is -0.423 e. The third-order valence-electron chi connectivity index (χ3n) is 7.65. The summed E-state index contributed by atoms with van der Waals surface area (Å²) in [4.78, 5) is 12.6. The van der Waals surface area contributed by atoms with Crippen LogP contribution in [-0.2, 0) is 6.42 Å². The molecular weight excluding hydrogens is 430 g/mol. The predicted octanol–water partition coefficient (Wildman–Crippen LogP) is 8.18. The lowest BCUT2D eigenvalue weighted by Gasteiger charge is -2.41. The smallest absolute Gasteiger partial charge is 0.343 e. The number of benzene rings is 2. The van der Waals surface area contributed by atoms with Gasteiger partial charge in [0.05, 0.1) is 5.56 Å². The Morgan fingerprint density at radius 3 is 2.56 bits per heavy atom. The third-order valence-corrected chi connectivity index (χ3v) is 7.65. The van der Waals surface area contributed by atoms with Crippen LogP contribution in [0.15, 0.2) is 61.2 Å². The van der Waals surface area contributed by atoms with Crippen molar-refractivity contribution in [1.82, 2.24) is 0 Å². The number of allylic oxidation sites excluding steroid dienone is 3. The summed E-state index contributed by atoms with van der Waals surface area (Å²) < 4.78 is 34.6. The molecule has 34 heavy (non-hydrogen) atoms. The van der Waals surface area contributed by atoms with Gasteiger partial charge in [0.2, 0.25) is 0 Å². The van der Waals surface area contributed by atoms with Crippen LogP contribution in [0.25, 0.3) is 0 Å². The van der Waals surface area contributed by atoms with E-state index >= 15 is 4.39 Å². The number of carbonyl (C=O) groups excluding carboxylic acids is 1. The van der Waals surface area contributed by atoms with Crippen LogP contribution in [0, 0.1) is 29.4 Å². The molecule has 2 saturated carbocycles. The molecule has 2 aromatic carbocycles. The van der Waals surface area contributed by atoms with Gasteiger partial charge in [-0.15, -0.1) is 6.58 Å². The third kappa shape index (κ3) is 5.65. The number of aryl methyl sites for hydroxylation is 1.